The van der Waals surface area contributed by atoms with Gasteiger partial charge in [0, 0.05) is 12.1 Å². The molecule has 0 fully saturated rings. The summed E-state index contributed by atoms with van der Waals surface area (Å²) in [5, 5.41) is 6.66. The van der Waals surface area contributed by atoms with Crippen LogP contribution < -0.4 is 10.9 Å². The third-order valence-corrected chi connectivity index (χ3v) is 5.29. The van der Waals surface area contributed by atoms with Crippen molar-refractivity contribution in [3.8, 4) is 0 Å². The first-order chi connectivity index (χ1) is 16.9. The van der Waals surface area contributed by atoms with E-state index in [-0.39, 0.29) is 41.8 Å². The molecule has 1 N–H and O–H groups in total. The van der Waals surface area contributed by atoms with Crippen LogP contribution in [0.5, 0.6) is 0 Å². The average Bonchev–Trinajstić information content (AvgIpc) is 3.24. The molecular formula is C23H17F6N5O2. The van der Waals surface area contributed by atoms with Crippen LogP contribution in [0.1, 0.15) is 27.0 Å². The third kappa shape index (κ3) is 5.39. The molecule has 0 saturated carbocycles. The van der Waals surface area contributed by atoms with E-state index in [1.807, 2.05) is 0 Å². The van der Waals surface area contributed by atoms with Gasteiger partial charge in [0.05, 0.1) is 30.4 Å². The van der Waals surface area contributed by atoms with Gasteiger partial charge in [0.15, 0.2) is 5.65 Å². The molecule has 4 rings (SSSR count). The Hall–Kier alpha value is -4.16. The fraction of sp³-hybridized carbons (Fsp3) is 0.217. The summed E-state index contributed by atoms with van der Waals surface area (Å²) in [7, 11) is 0. The maximum atomic E-state index is 12.9. The summed E-state index contributed by atoms with van der Waals surface area (Å²) >= 11 is 0. The van der Waals surface area contributed by atoms with Crippen molar-refractivity contribution >= 4 is 16.9 Å². The highest BCUT2D eigenvalue weighted by Gasteiger charge is 2.31. The topological polar surface area (TPSA) is 81.8 Å². The van der Waals surface area contributed by atoms with Crippen LogP contribution in [0.15, 0.2) is 65.8 Å². The highest BCUT2D eigenvalue weighted by atomic mass is 19.4. The summed E-state index contributed by atoms with van der Waals surface area (Å²) in [6.45, 7) is -0.0803. The quantitative estimate of drug-likeness (QED) is 0.397. The standard InChI is InChI=1S/C23H17F6N5O2/c24-22(25,26)16-5-1-3-14(9-16)12-33-13-31-19-18(21(33)36)11-32-34(19)8-7-30-20(35)15-4-2-6-17(10-15)23(27,28)29/h1-6,9-11,13H,7-8,12H2,(H,30,35). The van der Waals surface area contributed by atoms with Crippen molar-refractivity contribution in [2.24, 2.45) is 0 Å². The van der Waals surface area contributed by atoms with Crippen molar-refractivity contribution in [2.75, 3.05) is 6.54 Å². The summed E-state index contributed by atoms with van der Waals surface area (Å²) < 4.78 is 79.9. The van der Waals surface area contributed by atoms with Gasteiger partial charge in [-0.3, -0.25) is 14.2 Å². The largest absolute Gasteiger partial charge is 0.416 e. The second kappa shape index (κ2) is 9.47. The van der Waals surface area contributed by atoms with Crippen LogP contribution in [-0.2, 0) is 25.4 Å². The molecule has 0 aliphatic rings. The van der Waals surface area contributed by atoms with Gasteiger partial charge in [0.25, 0.3) is 11.5 Å². The van der Waals surface area contributed by atoms with Crippen LogP contribution >= 0.6 is 0 Å². The summed E-state index contributed by atoms with van der Waals surface area (Å²) in [4.78, 5) is 29.2. The van der Waals surface area contributed by atoms with Gasteiger partial charge >= 0.3 is 12.4 Å². The van der Waals surface area contributed by atoms with E-state index < -0.39 is 34.9 Å². The molecule has 0 aliphatic carbocycles. The molecule has 0 saturated heterocycles. The van der Waals surface area contributed by atoms with E-state index in [2.05, 4.69) is 15.4 Å². The van der Waals surface area contributed by atoms with Gasteiger partial charge in [0.1, 0.15) is 11.7 Å². The number of aromatic nitrogens is 4. The fourth-order valence-corrected chi connectivity index (χ4v) is 3.53. The number of alkyl halides is 6. The van der Waals surface area contributed by atoms with Crippen LogP contribution in [0.4, 0.5) is 26.3 Å². The van der Waals surface area contributed by atoms with Gasteiger partial charge in [-0.05, 0) is 35.9 Å². The molecular weight excluding hydrogens is 492 g/mol. The molecule has 4 aromatic rings. The Kier molecular flexibility index (Phi) is 6.57. The SMILES string of the molecule is O=C(NCCn1ncc2c(=O)n(Cc3cccc(C(F)(F)F)c3)cnc21)c1cccc(C(F)(F)F)c1. The maximum absolute atomic E-state index is 12.9. The normalized spacial score (nSPS) is 12.2. The minimum Gasteiger partial charge on any atom is -0.350 e. The minimum absolute atomic E-state index is 0.0130. The second-order valence-corrected chi connectivity index (χ2v) is 7.82. The van der Waals surface area contributed by atoms with Gasteiger partial charge in [-0.2, -0.15) is 31.4 Å². The Labute approximate surface area is 199 Å². The Morgan fingerprint density at radius 3 is 2.31 bits per heavy atom. The molecule has 2 aromatic heterocycles. The number of amides is 1. The lowest BCUT2D eigenvalue weighted by molar-refractivity contribution is -0.138. The Morgan fingerprint density at radius 1 is 0.944 bits per heavy atom. The Bertz CT molecular complexity index is 1470. The summed E-state index contributed by atoms with van der Waals surface area (Å²) in [5.41, 5.74) is -2.00. The predicted octanol–water partition coefficient (Wildman–Crippen LogP) is 4.11. The zero-order valence-electron chi connectivity index (χ0n) is 18.3. The number of hydrogen-bond acceptors (Lipinski definition) is 4. The number of rotatable bonds is 6. The van der Waals surface area contributed by atoms with E-state index in [9.17, 15) is 35.9 Å². The number of hydrogen-bond donors (Lipinski definition) is 1. The maximum Gasteiger partial charge on any atom is 0.416 e. The number of fused-ring (bicyclic) bond motifs is 1. The van der Waals surface area contributed by atoms with Gasteiger partial charge in [-0.25, -0.2) is 9.67 Å². The molecule has 0 bridgehead atoms. The smallest absolute Gasteiger partial charge is 0.350 e. The van der Waals surface area contributed by atoms with Crippen LogP contribution in [0.3, 0.4) is 0 Å². The molecule has 0 aliphatic heterocycles. The molecule has 0 atom stereocenters. The first-order valence-electron chi connectivity index (χ1n) is 10.5. The molecule has 36 heavy (non-hydrogen) atoms. The molecule has 2 aromatic carbocycles. The number of carbonyl (C=O) groups is 1. The van der Waals surface area contributed by atoms with Crippen molar-refractivity contribution in [2.45, 2.75) is 25.4 Å². The van der Waals surface area contributed by atoms with Gasteiger partial charge < -0.3 is 5.32 Å². The summed E-state index contributed by atoms with van der Waals surface area (Å²) in [6.07, 6.45) is -6.66. The highest BCUT2D eigenvalue weighted by molar-refractivity contribution is 5.94. The summed E-state index contributed by atoms with van der Waals surface area (Å²) in [6, 6.07) is 8.58. The lowest BCUT2D eigenvalue weighted by atomic mass is 10.1. The van der Waals surface area contributed by atoms with Crippen LogP contribution in [0.2, 0.25) is 0 Å². The Morgan fingerprint density at radius 2 is 1.61 bits per heavy atom. The first kappa shape index (κ1) is 24.9. The van der Waals surface area contributed by atoms with Crippen LogP contribution in [-0.4, -0.2) is 31.8 Å². The number of carbonyl (C=O) groups excluding carboxylic acids is 1. The zero-order valence-corrected chi connectivity index (χ0v) is 18.3. The zero-order chi connectivity index (χ0) is 26.1. The molecule has 188 valence electrons. The molecule has 0 radical (unpaired) electrons. The van der Waals surface area contributed by atoms with Gasteiger partial charge in [-0.15, -0.1) is 0 Å². The van der Waals surface area contributed by atoms with E-state index in [4.69, 9.17) is 0 Å². The molecule has 0 unspecified atom stereocenters. The molecule has 2 heterocycles. The van der Waals surface area contributed by atoms with E-state index in [0.717, 1.165) is 34.9 Å². The van der Waals surface area contributed by atoms with Crippen molar-refractivity contribution < 1.29 is 31.1 Å². The van der Waals surface area contributed by atoms with Gasteiger partial charge in [0.2, 0.25) is 0 Å². The first-order valence-corrected chi connectivity index (χ1v) is 10.5. The predicted molar refractivity (Wildman–Crippen MR) is 116 cm³/mol. The van der Waals surface area contributed by atoms with Crippen LogP contribution in [0, 0.1) is 0 Å². The lowest BCUT2D eigenvalue weighted by Crippen LogP contribution is -2.28. The van der Waals surface area contributed by atoms with Crippen molar-refractivity contribution in [1.29, 1.82) is 0 Å². The molecule has 0 spiro atoms. The minimum atomic E-state index is -4.58. The fourth-order valence-electron chi connectivity index (χ4n) is 3.53. The molecule has 7 nitrogen and oxygen atoms in total. The number of nitrogens with zero attached hydrogens (tertiary/aromatic N) is 4. The Balaban J connectivity index is 1.45. The molecule has 13 heteroatoms. The van der Waals surface area contributed by atoms with E-state index in [1.54, 1.807) is 0 Å². The average molecular weight is 509 g/mol. The number of benzene rings is 2. The van der Waals surface area contributed by atoms with Crippen molar-refractivity contribution in [3.63, 3.8) is 0 Å². The molecule has 1 amide bonds. The van der Waals surface area contributed by atoms with E-state index in [1.165, 1.54) is 35.4 Å². The third-order valence-electron chi connectivity index (χ3n) is 5.29. The van der Waals surface area contributed by atoms with Crippen molar-refractivity contribution in [1.82, 2.24) is 24.6 Å². The van der Waals surface area contributed by atoms with Gasteiger partial charge in [-0.1, -0.05) is 18.2 Å². The number of halogens is 6. The second-order valence-electron chi connectivity index (χ2n) is 7.82. The van der Waals surface area contributed by atoms with Crippen LogP contribution in [0.25, 0.3) is 11.0 Å². The monoisotopic (exact) mass is 509 g/mol. The highest BCUT2D eigenvalue weighted by Crippen LogP contribution is 2.30. The lowest BCUT2D eigenvalue weighted by Gasteiger charge is -2.10. The van der Waals surface area contributed by atoms with E-state index >= 15 is 0 Å². The van der Waals surface area contributed by atoms with Crippen molar-refractivity contribution in [3.05, 3.63) is 93.7 Å². The summed E-state index contributed by atoms with van der Waals surface area (Å²) in [5.74, 6) is -0.714. The number of nitrogens with one attached hydrogen (secondary N) is 1. The van der Waals surface area contributed by atoms with E-state index in [0.29, 0.717) is 0 Å².